The van der Waals surface area contributed by atoms with Crippen molar-refractivity contribution in [1.82, 2.24) is 0 Å². The third-order valence-corrected chi connectivity index (χ3v) is 5.48. The molecule has 4 nitrogen and oxygen atoms in total. The van der Waals surface area contributed by atoms with Gasteiger partial charge in [-0.2, -0.15) is 0 Å². The van der Waals surface area contributed by atoms with Gasteiger partial charge in [-0.25, -0.2) is 0 Å². The Labute approximate surface area is 114 Å². The van der Waals surface area contributed by atoms with E-state index < -0.39 is 13.3 Å². The van der Waals surface area contributed by atoms with Gasteiger partial charge in [0.25, 0.3) is 0 Å². The highest BCUT2D eigenvalue weighted by molar-refractivity contribution is 7.67. The monoisotopic (exact) mass is 284 g/mol. The predicted octanol–water partition coefficient (Wildman–Crippen LogP) is 2.83. The van der Waals surface area contributed by atoms with Gasteiger partial charge in [-0.05, 0) is 26.0 Å². The van der Waals surface area contributed by atoms with Gasteiger partial charge in [0, 0.05) is 11.5 Å². The molecule has 0 heterocycles. The predicted molar refractivity (Wildman–Crippen MR) is 76.0 cm³/mol. The van der Waals surface area contributed by atoms with Gasteiger partial charge < -0.3 is 9.26 Å². The summed E-state index contributed by atoms with van der Waals surface area (Å²) in [6.45, 7) is 5.94. The van der Waals surface area contributed by atoms with Gasteiger partial charge in [0.05, 0.1) is 19.1 Å². The normalized spacial score (nSPS) is 15.5. The standard InChI is InChI=1S/C14H21O4P/c1-4-17-14(15)12(3)11-19(16,18-5-2)13-9-7-6-8-10-13/h6-10,12H,4-5,11H2,1-3H3. The first-order chi connectivity index (χ1) is 9.03. The topological polar surface area (TPSA) is 52.6 Å². The van der Waals surface area contributed by atoms with Crippen LogP contribution in [0, 0.1) is 5.92 Å². The van der Waals surface area contributed by atoms with Crippen LogP contribution in [0.15, 0.2) is 30.3 Å². The maximum Gasteiger partial charge on any atom is 0.309 e. The van der Waals surface area contributed by atoms with Crippen LogP contribution in [0.1, 0.15) is 20.8 Å². The number of ether oxygens (including phenoxy) is 1. The summed E-state index contributed by atoms with van der Waals surface area (Å²) < 4.78 is 23.3. The van der Waals surface area contributed by atoms with Crippen molar-refractivity contribution in [2.24, 2.45) is 5.92 Å². The van der Waals surface area contributed by atoms with E-state index in [0.717, 1.165) is 0 Å². The molecule has 0 fully saturated rings. The number of hydrogen-bond donors (Lipinski definition) is 0. The zero-order valence-corrected chi connectivity index (χ0v) is 12.6. The fourth-order valence-corrected chi connectivity index (χ4v) is 4.19. The molecule has 0 amide bonds. The quantitative estimate of drug-likeness (QED) is 0.570. The molecule has 0 saturated carbocycles. The molecule has 0 spiro atoms. The molecule has 5 heteroatoms. The molecule has 106 valence electrons. The second-order valence-corrected chi connectivity index (χ2v) is 6.75. The lowest BCUT2D eigenvalue weighted by Gasteiger charge is -2.21. The van der Waals surface area contributed by atoms with Crippen LogP contribution in [0.4, 0.5) is 0 Å². The second kappa shape index (κ2) is 7.46. The van der Waals surface area contributed by atoms with Crippen molar-refractivity contribution in [2.45, 2.75) is 20.8 Å². The smallest absolute Gasteiger partial charge is 0.309 e. The van der Waals surface area contributed by atoms with Gasteiger partial charge in [0.15, 0.2) is 0 Å². The summed E-state index contributed by atoms with van der Waals surface area (Å²) in [5.74, 6) is -0.782. The van der Waals surface area contributed by atoms with Crippen LogP contribution in [0.25, 0.3) is 0 Å². The summed E-state index contributed by atoms with van der Waals surface area (Å²) in [6.07, 6.45) is 0.170. The Hall–Kier alpha value is -1.12. The van der Waals surface area contributed by atoms with Crippen molar-refractivity contribution in [1.29, 1.82) is 0 Å². The minimum atomic E-state index is -3.01. The van der Waals surface area contributed by atoms with E-state index in [1.165, 1.54) is 0 Å². The van der Waals surface area contributed by atoms with Crippen molar-refractivity contribution < 1.29 is 18.6 Å². The molecule has 0 N–H and O–H groups in total. The second-order valence-electron chi connectivity index (χ2n) is 4.26. The Morgan fingerprint density at radius 1 is 1.21 bits per heavy atom. The summed E-state index contributed by atoms with van der Waals surface area (Å²) in [4.78, 5) is 11.7. The van der Waals surface area contributed by atoms with Gasteiger partial charge in [0.1, 0.15) is 0 Å². The van der Waals surface area contributed by atoms with E-state index in [4.69, 9.17) is 9.26 Å². The number of esters is 1. The van der Waals surface area contributed by atoms with E-state index in [1.807, 2.05) is 18.2 Å². The molecular weight excluding hydrogens is 263 g/mol. The molecule has 1 rings (SSSR count). The molecule has 0 bridgehead atoms. The third-order valence-electron chi connectivity index (χ3n) is 2.69. The molecular formula is C14H21O4P. The zero-order chi connectivity index (χ0) is 14.3. The number of hydrogen-bond acceptors (Lipinski definition) is 4. The highest BCUT2D eigenvalue weighted by atomic mass is 31.2. The SMILES string of the molecule is CCOC(=O)C(C)CP(=O)(OCC)c1ccccc1. The van der Waals surface area contributed by atoms with Crippen molar-refractivity contribution in [3.05, 3.63) is 30.3 Å². The molecule has 0 aromatic heterocycles. The van der Waals surface area contributed by atoms with E-state index in [1.54, 1.807) is 32.9 Å². The molecule has 19 heavy (non-hydrogen) atoms. The lowest BCUT2D eigenvalue weighted by atomic mass is 10.2. The highest BCUT2D eigenvalue weighted by Gasteiger charge is 2.31. The zero-order valence-electron chi connectivity index (χ0n) is 11.7. The van der Waals surface area contributed by atoms with E-state index >= 15 is 0 Å². The van der Waals surface area contributed by atoms with Crippen LogP contribution >= 0.6 is 7.37 Å². The molecule has 0 aliphatic rings. The Kier molecular flexibility index (Phi) is 6.26. The summed E-state index contributed by atoms with van der Waals surface area (Å²) in [6, 6.07) is 9.03. The maximum absolute atomic E-state index is 12.9. The van der Waals surface area contributed by atoms with Crippen LogP contribution in [0.3, 0.4) is 0 Å². The molecule has 0 aliphatic heterocycles. The molecule has 0 saturated heterocycles. The van der Waals surface area contributed by atoms with Gasteiger partial charge in [-0.15, -0.1) is 0 Å². The fraction of sp³-hybridized carbons (Fsp3) is 0.500. The van der Waals surface area contributed by atoms with Gasteiger partial charge in [-0.3, -0.25) is 9.36 Å². The lowest BCUT2D eigenvalue weighted by Crippen LogP contribution is -2.22. The minimum absolute atomic E-state index is 0.170. The number of rotatable bonds is 7. The average Bonchev–Trinajstić information content (AvgIpc) is 2.40. The number of carbonyl (C=O) groups excluding carboxylic acids is 1. The number of benzene rings is 1. The molecule has 2 atom stereocenters. The van der Waals surface area contributed by atoms with E-state index in [0.29, 0.717) is 18.5 Å². The van der Waals surface area contributed by atoms with Crippen molar-refractivity contribution in [2.75, 3.05) is 19.4 Å². The third kappa shape index (κ3) is 4.48. The summed E-state index contributed by atoms with van der Waals surface area (Å²) in [5.41, 5.74) is 0. The van der Waals surface area contributed by atoms with Gasteiger partial charge in [0.2, 0.25) is 7.37 Å². The fourth-order valence-electron chi connectivity index (χ4n) is 1.82. The molecule has 0 radical (unpaired) electrons. The van der Waals surface area contributed by atoms with E-state index in [2.05, 4.69) is 0 Å². The number of carbonyl (C=O) groups is 1. The Bertz CT molecular complexity index is 444. The largest absolute Gasteiger partial charge is 0.466 e. The summed E-state index contributed by atoms with van der Waals surface area (Å²) >= 11 is 0. The van der Waals surface area contributed by atoms with Crippen molar-refractivity contribution >= 4 is 18.6 Å². The minimum Gasteiger partial charge on any atom is -0.466 e. The van der Waals surface area contributed by atoms with Crippen LogP contribution in [0.2, 0.25) is 0 Å². The average molecular weight is 284 g/mol. The Morgan fingerprint density at radius 2 is 1.84 bits per heavy atom. The van der Waals surface area contributed by atoms with Crippen molar-refractivity contribution in [3.63, 3.8) is 0 Å². The van der Waals surface area contributed by atoms with Crippen molar-refractivity contribution in [3.8, 4) is 0 Å². The molecule has 2 unspecified atom stereocenters. The van der Waals surface area contributed by atoms with Crippen LogP contribution < -0.4 is 5.30 Å². The van der Waals surface area contributed by atoms with Gasteiger partial charge >= 0.3 is 5.97 Å². The highest BCUT2D eigenvalue weighted by Crippen LogP contribution is 2.47. The maximum atomic E-state index is 12.9. The lowest BCUT2D eigenvalue weighted by molar-refractivity contribution is -0.146. The Morgan fingerprint density at radius 3 is 2.37 bits per heavy atom. The first-order valence-corrected chi connectivity index (χ1v) is 8.30. The van der Waals surface area contributed by atoms with Crippen LogP contribution in [-0.4, -0.2) is 25.3 Å². The Balaban J connectivity index is 2.89. The summed E-state index contributed by atoms with van der Waals surface area (Å²) in [7, 11) is -3.01. The summed E-state index contributed by atoms with van der Waals surface area (Å²) in [5, 5.41) is 0.646. The molecule has 1 aromatic carbocycles. The first kappa shape index (κ1) is 15.9. The first-order valence-electron chi connectivity index (χ1n) is 6.49. The van der Waals surface area contributed by atoms with E-state index in [9.17, 15) is 9.36 Å². The van der Waals surface area contributed by atoms with Crippen LogP contribution in [0.5, 0.6) is 0 Å². The van der Waals surface area contributed by atoms with Gasteiger partial charge in [-0.1, -0.05) is 25.1 Å². The molecule has 1 aromatic rings. The van der Waals surface area contributed by atoms with E-state index in [-0.39, 0.29) is 12.1 Å². The molecule has 0 aliphatic carbocycles. The van der Waals surface area contributed by atoms with Crippen LogP contribution in [-0.2, 0) is 18.6 Å².